The fourth-order valence-corrected chi connectivity index (χ4v) is 3.22. The number of benzene rings is 1. The molecule has 1 aliphatic rings. The van der Waals surface area contributed by atoms with Crippen LogP contribution in [-0.2, 0) is 11.3 Å². The number of hydrogen-bond donors (Lipinski definition) is 2. The van der Waals surface area contributed by atoms with E-state index in [0.29, 0.717) is 28.0 Å². The van der Waals surface area contributed by atoms with Crippen molar-refractivity contribution in [2.24, 2.45) is 0 Å². The van der Waals surface area contributed by atoms with Crippen molar-refractivity contribution in [1.29, 1.82) is 0 Å². The van der Waals surface area contributed by atoms with E-state index in [-0.39, 0.29) is 0 Å². The van der Waals surface area contributed by atoms with Gasteiger partial charge in [0.2, 0.25) is 0 Å². The maximum atomic E-state index is 12.4. The molecule has 0 unspecified atom stereocenters. The van der Waals surface area contributed by atoms with Gasteiger partial charge in [-0.15, -0.1) is 0 Å². The van der Waals surface area contributed by atoms with Gasteiger partial charge >= 0.3 is 6.03 Å². The fraction of sp³-hybridized carbons (Fsp3) is 0.412. The molecular weight excluding hydrogens is 376 g/mol. The summed E-state index contributed by atoms with van der Waals surface area (Å²) >= 11 is 0.434. The van der Waals surface area contributed by atoms with Crippen LogP contribution >= 0.6 is 11.8 Å². The highest BCUT2D eigenvalue weighted by Gasteiger charge is 2.11. The SMILES string of the molecule is O=C(Nc1cccc(SC(F)F)c1)Nc1cnn(CCN2CCOCC2)c1. The van der Waals surface area contributed by atoms with Crippen LogP contribution < -0.4 is 10.6 Å². The van der Waals surface area contributed by atoms with Gasteiger partial charge in [-0.2, -0.15) is 13.9 Å². The highest BCUT2D eigenvalue weighted by Crippen LogP contribution is 2.27. The van der Waals surface area contributed by atoms with E-state index < -0.39 is 11.8 Å². The molecule has 0 aliphatic carbocycles. The van der Waals surface area contributed by atoms with Crippen LogP contribution in [0.2, 0.25) is 0 Å². The van der Waals surface area contributed by atoms with Crippen LogP contribution in [0.5, 0.6) is 0 Å². The number of aromatic nitrogens is 2. The van der Waals surface area contributed by atoms with Gasteiger partial charge in [0.05, 0.1) is 31.6 Å². The van der Waals surface area contributed by atoms with E-state index in [4.69, 9.17) is 4.74 Å². The van der Waals surface area contributed by atoms with Crippen molar-refractivity contribution in [1.82, 2.24) is 14.7 Å². The second kappa shape index (κ2) is 9.67. The van der Waals surface area contributed by atoms with Crippen LogP contribution in [0.4, 0.5) is 25.0 Å². The minimum atomic E-state index is -2.50. The molecule has 2 heterocycles. The van der Waals surface area contributed by atoms with Gasteiger partial charge in [0.15, 0.2) is 0 Å². The summed E-state index contributed by atoms with van der Waals surface area (Å²) in [5, 5.41) is 9.55. The van der Waals surface area contributed by atoms with Gasteiger partial charge in [-0.3, -0.25) is 9.58 Å². The number of anilines is 2. The fourth-order valence-electron chi connectivity index (χ4n) is 2.66. The standard InChI is InChI=1S/C17H21F2N5O2S/c18-16(19)27-15-3-1-2-13(10-15)21-17(25)22-14-11-20-24(12-14)5-4-23-6-8-26-9-7-23/h1-3,10-12,16H,4-9H2,(H2,21,22,25). The van der Waals surface area contributed by atoms with Crippen LogP contribution in [0, 0.1) is 0 Å². The molecule has 27 heavy (non-hydrogen) atoms. The molecular formula is C17H21F2N5O2S. The minimum Gasteiger partial charge on any atom is -0.379 e. The molecule has 3 rings (SSSR count). The number of nitrogens with zero attached hydrogens (tertiary/aromatic N) is 3. The zero-order valence-corrected chi connectivity index (χ0v) is 15.4. The number of rotatable bonds is 7. The lowest BCUT2D eigenvalue weighted by atomic mass is 10.3. The van der Waals surface area contributed by atoms with Crippen molar-refractivity contribution in [3.05, 3.63) is 36.7 Å². The molecule has 0 saturated carbocycles. The van der Waals surface area contributed by atoms with Crippen molar-refractivity contribution in [2.75, 3.05) is 43.5 Å². The predicted octanol–water partition coefficient (Wildman–Crippen LogP) is 3.17. The first kappa shape index (κ1) is 19.6. The number of carbonyl (C=O) groups is 1. The summed E-state index contributed by atoms with van der Waals surface area (Å²) in [5.74, 6) is -2.50. The highest BCUT2D eigenvalue weighted by molar-refractivity contribution is 7.99. The molecule has 1 aliphatic heterocycles. The average molecular weight is 397 g/mol. The van der Waals surface area contributed by atoms with E-state index in [9.17, 15) is 13.6 Å². The Morgan fingerprint density at radius 1 is 1.22 bits per heavy atom. The summed E-state index contributed by atoms with van der Waals surface area (Å²) in [5.41, 5.74) is 1.01. The first-order valence-electron chi connectivity index (χ1n) is 8.54. The third-order valence-corrected chi connectivity index (χ3v) is 4.66. The Morgan fingerprint density at radius 3 is 2.78 bits per heavy atom. The van der Waals surface area contributed by atoms with Crippen LogP contribution in [-0.4, -0.2) is 59.3 Å². The number of alkyl halides is 2. The Labute approximate surface area is 160 Å². The molecule has 2 amide bonds. The maximum absolute atomic E-state index is 12.4. The zero-order valence-electron chi connectivity index (χ0n) is 14.6. The largest absolute Gasteiger partial charge is 0.379 e. The Bertz CT molecular complexity index is 752. The number of hydrogen-bond acceptors (Lipinski definition) is 5. The van der Waals surface area contributed by atoms with E-state index in [0.717, 1.165) is 39.4 Å². The quantitative estimate of drug-likeness (QED) is 0.703. The van der Waals surface area contributed by atoms with Crippen LogP contribution in [0.1, 0.15) is 0 Å². The highest BCUT2D eigenvalue weighted by atomic mass is 32.2. The van der Waals surface area contributed by atoms with Crippen molar-refractivity contribution in [2.45, 2.75) is 17.2 Å². The van der Waals surface area contributed by atoms with Crippen molar-refractivity contribution < 1.29 is 18.3 Å². The summed E-state index contributed by atoms with van der Waals surface area (Å²) in [4.78, 5) is 14.8. The normalized spacial score (nSPS) is 15.1. The summed E-state index contributed by atoms with van der Waals surface area (Å²) in [6.07, 6.45) is 3.32. The third-order valence-electron chi connectivity index (χ3n) is 3.96. The summed E-state index contributed by atoms with van der Waals surface area (Å²) in [6.45, 7) is 4.92. The Kier molecular flexibility index (Phi) is 7.02. The number of urea groups is 1. The minimum absolute atomic E-state index is 0.388. The molecule has 1 fully saturated rings. The van der Waals surface area contributed by atoms with Gasteiger partial charge in [0.25, 0.3) is 5.76 Å². The molecule has 0 spiro atoms. The Morgan fingerprint density at radius 2 is 2.00 bits per heavy atom. The van der Waals surface area contributed by atoms with Gasteiger partial charge in [-0.05, 0) is 18.2 Å². The predicted molar refractivity (Wildman–Crippen MR) is 100 cm³/mol. The number of thioether (sulfide) groups is 1. The van der Waals surface area contributed by atoms with Gasteiger partial charge in [0.1, 0.15) is 0 Å². The third kappa shape index (κ3) is 6.49. The molecule has 0 bridgehead atoms. The number of halogens is 2. The average Bonchev–Trinajstić information content (AvgIpc) is 3.08. The van der Waals surface area contributed by atoms with E-state index in [2.05, 4.69) is 20.6 Å². The molecule has 1 aromatic heterocycles. The van der Waals surface area contributed by atoms with Crippen LogP contribution in [0.3, 0.4) is 0 Å². The first-order chi connectivity index (χ1) is 13.1. The van der Waals surface area contributed by atoms with Gasteiger partial charge in [-0.1, -0.05) is 17.8 Å². The molecule has 0 radical (unpaired) electrons. The van der Waals surface area contributed by atoms with Gasteiger partial charge in [0, 0.05) is 36.4 Å². The molecule has 0 atom stereocenters. The summed E-state index contributed by atoms with van der Waals surface area (Å²) in [6, 6.07) is 5.87. The van der Waals surface area contributed by atoms with E-state index in [1.54, 1.807) is 35.3 Å². The number of carbonyl (C=O) groups excluding carboxylic acids is 1. The zero-order chi connectivity index (χ0) is 19.1. The lowest BCUT2D eigenvalue weighted by Crippen LogP contribution is -2.38. The van der Waals surface area contributed by atoms with Crippen molar-refractivity contribution in [3.8, 4) is 0 Å². The molecule has 1 saturated heterocycles. The lowest BCUT2D eigenvalue weighted by molar-refractivity contribution is 0.0360. The summed E-state index contributed by atoms with van der Waals surface area (Å²) < 4.78 is 31.9. The molecule has 7 nitrogen and oxygen atoms in total. The lowest BCUT2D eigenvalue weighted by Gasteiger charge is -2.26. The van der Waals surface area contributed by atoms with Gasteiger partial charge < -0.3 is 15.4 Å². The Hall–Kier alpha value is -2.17. The first-order valence-corrected chi connectivity index (χ1v) is 9.42. The molecule has 146 valence electrons. The maximum Gasteiger partial charge on any atom is 0.323 e. The Balaban J connectivity index is 1.47. The smallest absolute Gasteiger partial charge is 0.323 e. The van der Waals surface area contributed by atoms with Crippen molar-refractivity contribution >= 4 is 29.2 Å². The van der Waals surface area contributed by atoms with Gasteiger partial charge in [-0.25, -0.2) is 4.79 Å². The van der Waals surface area contributed by atoms with E-state index in [1.807, 2.05) is 0 Å². The molecule has 1 aromatic carbocycles. The molecule has 2 N–H and O–H groups in total. The van der Waals surface area contributed by atoms with Crippen LogP contribution in [0.25, 0.3) is 0 Å². The monoisotopic (exact) mass is 397 g/mol. The van der Waals surface area contributed by atoms with E-state index in [1.165, 1.54) is 6.07 Å². The van der Waals surface area contributed by atoms with Crippen molar-refractivity contribution in [3.63, 3.8) is 0 Å². The van der Waals surface area contributed by atoms with Crippen LogP contribution in [0.15, 0.2) is 41.6 Å². The number of morpholine rings is 1. The number of amides is 2. The second-order valence-corrected chi connectivity index (χ2v) is 7.00. The second-order valence-electron chi connectivity index (χ2n) is 5.93. The number of nitrogens with one attached hydrogen (secondary N) is 2. The molecule has 2 aromatic rings. The topological polar surface area (TPSA) is 71.4 Å². The number of ether oxygens (including phenoxy) is 1. The van der Waals surface area contributed by atoms with E-state index >= 15 is 0 Å². The molecule has 10 heteroatoms. The summed E-state index contributed by atoms with van der Waals surface area (Å²) in [7, 11) is 0.